The van der Waals surface area contributed by atoms with Crippen molar-refractivity contribution in [1.82, 2.24) is 0 Å². The third kappa shape index (κ3) is 2.99. The first-order valence-electron chi connectivity index (χ1n) is 6.99. The van der Waals surface area contributed by atoms with E-state index in [9.17, 15) is 0 Å². The average Bonchev–Trinajstić information content (AvgIpc) is 2.38. The van der Waals surface area contributed by atoms with Crippen molar-refractivity contribution in [2.45, 2.75) is 40.7 Å². The number of hydrogen-bond donors (Lipinski definition) is 1. The van der Waals surface area contributed by atoms with E-state index >= 15 is 0 Å². The van der Waals surface area contributed by atoms with Gasteiger partial charge in [0.05, 0.1) is 10.7 Å². The smallest absolute Gasteiger partial charge is 0.0640 e. The minimum absolute atomic E-state index is 0.230. The molecule has 0 saturated heterocycles. The predicted octanol–water partition coefficient (Wildman–Crippen LogP) is 5.75. The third-order valence-corrected chi connectivity index (χ3v) is 4.25. The highest BCUT2D eigenvalue weighted by molar-refractivity contribution is 6.33. The topological polar surface area (TPSA) is 12.0 Å². The number of rotatable bonds is 3. The van der Waals surface area contributed by atoms with Crippen LogP contribution in [0, 0.1) is 27.7 Å². The standard InChI is InChI=1S/C18H22ClN/c1-11-7-6-8-17(19)18(11)20-15(5)16-10-13(3)12(2)9-14(16)4/h6-10,15,20H,1-5H3. The van der Waals surface area contributed by atoms with Gasteiger partial charge >= 0.3 is 0 Å². The largest absolute Gasteiger partial charge is 0.377 e. The van der Waals surface area contributed by atoms with Gasteiger partial charge in [-0.3, -0.25) is 0 Å². The zero-order valence-electron chi connectivity index (χ0n) is 12.8. The summed E-state index contributed by atoms with van der Waals surface area (Å²) in [6, 6.07) is 10.7. The molecule has 1 nitrogen and oxygen atoms in total. The summed E-state index contributed by atoms with van der Waals surface area (Å²) < 4.78 is 0. The van der Waals surface area contributed by atoms with E-state index in [0.717, 1.165) is 10.7 Å². The van der Waals surface area contributed by atoms with Crippen LogP contribution in [0.4, 0.5) is 5.69 Å². The van der Waals surface area contributed by atoms with Crippen LogP contribution in [-0.4, -0.2) is 0 Å². The van der Waals surface area contributed by atoms with Crippen LogP contribution in [0.5, 0.6) is 0 Å². The molecule has 1 N–H and O–H groups in total. The number of para-hydroxylation sites is 1. The van der Waals surface area contributed by atoms with Crippen molar-refractivity contribution < 1.29 is 0 Å². The molecule has 0 saturated carbocycles. The lowest BCUT2D eigenvalue weighted by Gasteiger charge is -2.21. The highest BCUT2D eigenvalue weighted by atomic mass is 35.5. The first-order valence-corrected chi connectivity index (χ1v) is 7.37. The molecule has 0 aliphatic rings. The summed E-state index contributed by atoms with van der Waals surface area (Å²) in [7, 11) is 0. The second-order valence-corrected chi connectivity index (χ2v) is 6.00. The molecule has 2 aromatic rings. The van der Waals surface area contributed by atoms with Gasteiger partial charge in [0.2, 0.25) is 0 Å². The fourth-order valence-electron chi connectivity index (χ4n) is 2.56. The van der Waals surface area contributed by atoms with Crippen LogP contribution in [0.25, 0.3) is 0 Å². The summed E-state index contributed by atoms with van der Waals surface area (Å²) >= 11 is 6.29. The van der Waals surface area contributed by atoms with Gasteiger partial charge in [-0.05, 0) is 68.5 Å². The summed E-state index contributed by atoms with van der Waals surface area (Å²) in [5, 5.41) is 4.33. The van der Waals surface area contributed by atoms with Crippen molar-refractivity contribution in [1.29, 1.82) is 0 Å². The molecule has 0 spiro atoms. The number of hydrogen-bond acceptors (Lipinski definition) is 1. The van der Waals surface area contributed by atoms with Crippen LogP contribution in [0.1, 0.15) is 40.8 Å². The number of aryl methyl sites for hydroxylation is 4. The lowest BCUT2D eigenvalue weighted by molar-refractivity contribution is 0.868. The van der Waals surface area contributed by atoms with Crippen LogP contribution < -0.4 is 5.32 Å². The molecule has 106 valence electrons. The molecule has 0 bridgehead atoms. The quantitative estimate of drug-likeness (QED) is 0.758. The Morgan fingerprint density at radius 1 is 0.900 bits per heavy atom. The number of anilines is 1. The monoisotopic (exact) mass is 287 g/mol. The van der Waals surface area contributed by atoms with Crippen molar-refractivity contribution in [3.8, 4) is 0 Å². The lowest BCUT2D eigenvalue weighted by Crippen LogP contribution is -2.10. The molecule has 2 rings (SSSR count). The van der Waals surface area contributed by atoms with E-state index < -0.39 is 0 Å². The molecule has 0 heterocycles. The van der Waals surface area contributed by atoms with Crippen LogP contribution in [-0.2, 0) is 0 Å². The maximum atomic E-state index is 6.29. The van der Waals surface area contributed by atoms with Gasteiger partial charge in [0.25, 0.3) is 0 Å². The second-order valence-electron chi connectivity index (χ2n) is 5.59. The molecule has 0 radical (unpaired) electrons. The molecular weight excluding hydrogens is 266 g/mol. The van der Waals surface area contributed by atoms with Gasteiger partial charge in [0.15, 0.2) is 0 Å². The summed E-state index contributed by atoms with van der Waals surface area (Å²) in [6.45, 7) is 10.7. The van der Waals surface area contributed by atoms with Crippen LogP contribution in [0.2, 0.25) is 5.02 Å². The van der Waals surface area contributed by atoms with E-state index in [1.807, 2.05) is 12.1 Å². The molecule has 0 aromatic heterocycles. The summed E-state index contributed by atoms with van der Waals surface area (Å²) in [5.41, 5.74) is 7.51. The summed E-state index contributed by atoms with van der Waals surface area (Å²) in [6.07, 6.45) is 0. The molecule has 0 amide bonds. The Hall–Kier alpha value is -1.47. The third-order valence-electron chi connectivity index (χ3n) is 3.93. The average molecular weight is 288 g/mol. The highest BCUT2D eigenvalue weighted by Gasteiger charge is 2.12. The molecule has 1 atom stereocenters. The van der Waals surface area contributed by atoms with Crippen LogP contribution in [0.15, 0.2) is 30.3 Å². The molecule has 2 heteroatoms. The van der Waals surface area contributed by atoms with Gasteiger partial charge in [-0.25, -0.2) is 0 Å². The van der Waals surface area contributed by atoms with Crippen molar-refractivity contribution >= 4 is 17.3 Å². The summed E-state index contributed by atoms with van der Waals surface area (Å²) in [5.74, 6) is 0. The van der Waals surface area contributed by atoms with Gasteiger partial charge in [-0.1, -0.05) is 35.9 Å². The minimum atomic E-state index is 0.230. The molecule has 2 aromatic carbocycles. The van der Waals surface area contributed by atoms with Gasteiger partial charge in [0, 0.05) is 6.04 Å². The highest BCUT2D eigenvalue weighted by Crippen LogP contribution is 2.30. The van der Waals surface area contributed by atoms with Gasteiger partial charge < -0.3 is 5.32 Å². The zero-order valence-corrected chi connectivity index (χ0v) is 13.6. The van der Waals surface area contributed by atoms with E-state index in [1.54, 1.807) is 0 Å². The first-order chi connectivity index (χ1) is 9.40. The number of benzene rings is 2. The molecule has 0 fully saturated rings. The molecular formula is C18H22ClN. The second kappa shape index (κ2) is 5.88. The number of halogens is 1. The van der Waals surface area contributed by atoms with Crippen molar-refractivity contribution in [2.75, 3.05) is 5.32 Å². The predicted molar refractivity (Wildman–Crippen MR) is 88.9 cm³/mol. The number of nitrogens with one attached hydrogen (secondary N) is 1. The van der Waals surface area contributed by atoms with E-state index in [1.165, 1.54) is 27.8 Å². The van der Waals surface area contributed by atoms with Crippen LogP contribution in [0.3, 0.4) is 0 Å². The maximum Gasteiger partial charge on any atom is 0.0640 e. The molecule has 0 aliphatic carbocycles. The van der Waals surface area contributed by atoms with E-state index in [4.69, 9.17) is 11.6 Å². The Labute approximate surface area is 127 Å². The fourth-order valence-corrected chi connectivity index (χ4v) is 2.83. The SMILES string of the molecule is Cc1cc(C)c(C(C)Nc2c(C)cccc2Cl)cc1C. The van der Waals surface area contributed by atoms with Gasteiger partial charge in [-0.15, -0.1) is 0 Å². The maximum absolute atomic E-state index is 6.29. The lowest BCUT2D eigenvalue weighted by atomic mass is 9.96. The molecule has 1 unspecified atom stereocenters. The Bertz CT molecular complexity index is 611. The van der Waals surface area contributed by atoms with Gasteiger partial charge in [0.1, 0.15) is 0 Å². The zero-order chi connectivity index (χ0) is 14.9. The first kappa shape index (κ1) is 14.9. The Morgan fingerprint density at radius 2 is 1.55 bits per heavy atom. The van der Waals surface area contributed by atoms with Gasteiger partial charge in [-0.2, -0.15) is 0 Å². The van der Waals surface area contributed by atoms with Crippen molar-refractivity contribution in [3.63, 3.8) is 0 Å². The van der Waals surface area contributed by atoms with E-state index in [2.05, 4.69) is 58.1 Å². The molecule has 20 heavy (non-hydrogen) atoms. The Balaban J connectivity index is 2.33. The van der Waals surface area contributed by atoms with E-state index in [0.29, 0.717) is 0 Å². The fraction of sp³-hybridized carbons (Fsp3) is 0.333. The Kier molecular flexibility index (Phi) is 4.39. The summed E-state index contributed by atoms with van der Waals surface area (Å²) in [4.78, 5) is 0. The van der Waals surface area contributed by atoms with E-state index in [-0.39, 0.29) is 6.04 Å². The van der Waals surface area contributed by atoms with Crippen LogP contribution >= 0.6 is 11.6 Å². The Morgan fingerprint density at radius 3 is 2.20 bits per heavy atom. The minimum Gasteiger partial charge on any atom is -0.377 e. The normalized spacial score (nSPS) is 12.3. The van der Waals surface area contributed by atoms with Crippen molar-refractivity contribution in [3.05, 3.63) is 63.2 Å². The van der Waals surface area contributed by atoms with Crippen molar-refractivity contribution in [2.24, 2.45) is 0 Å². The molecule has 0 aliphatic heterocycles.